The van der Waals surface area contributed by atoms with Crippen LogP contribution in [-0.2, 0) is 0 Å². The Balaban J connectivity index is 2.35. The molecule has 0 bridgehead atoms. The van der Waals surface area contributed by atoms with Gasteiger partial charge in [-0.25, -0.2) is 0 Å². The summed E-state index contributed by atoms with van der Waals surface area (Å²) in [5, 5.41) is 12.6. The van der Waals surface area contributed by atoms with Crippen molar-refractivity contribution in [2.45, 2.75) is 45.6 Å². The van der Waals surface area contributed by atoms with Crippen molar-refractivity contribution in [1.29, 1.82) is 0 Å². The van der Waals surface area contributed by atoms with Crippen molar-refractivity contribution >= 4 is 0 Å². The van der Waals surface area contributed by atoms with Crippen molar-refractivity contribution in [2.75, 3.05) is 13.2 Å². The van der Waals surface area contributed by atoms with Crippen LogP contribution in [-0.4, -0.2) is 18.3 Å². The third kappa shape index (κ3) is 5.65. The molecule has 0 aliphatic heterocycles. The maximum absolute atomic E-state index is 8.99. The molecule has 0 fully saturated rings. The molecule has 0 amide bonds. The van der Waals surface area contributed by atoms with E-state index in [1.54, 1.807) is 0 Å². The van der Waals surface area contributed by atoms with Gasteiger partial charge in [0.05, 0.1) is 0 Å². The van der Waals surface area contributed by atoms with Crippen LogP contribution in [0, 0.1) is 5.92 Å². The van der Waals surface area contributed by atoms with Crippen molar-refractivity contribution in [2.24, 2.45) is 5.92 Å². The van der Waals surface area contributed by atoms with E-state index in [9.17, 15) is 0 Å². The van der Waals surface area contributed by atoms with Crippen LogP contribution in [0.15, 0.2) is 30.3 Å². The van der Waals surface area contributed by atoms with Crippen LogP contribution in [0.1, 0.15) is 51.1 Å². The van der Waals surface area contributed by atoms with E-state index in [0.29, 0.717) is 18.6 Å². The number of aliphatic hydroxyl groups excluding tert-OH is 1. The van der Waals surface area contributed by atoms with Crippen LogP contribution in [0.4, 0.5) is 0 Å². The molecule has 0 radical (unpaired) electrons. The topological polar surface area (TPSA) is 32.3 Å². The second-order valence-corrected chi connectivity index (χ2v) is 5.14. The number of rotatable bonds is 9. The monoisotopic (exact) mass is 249 g/mol. The Morgan fingerprint density at radius 3 is 2.50 bits per heavy atom. The first-order chi connectivity index (χ1) is 8.77. The predicted molar refractivity (Wildman–Crippen MR) is 77.6 cm³/mol. The summed E-state index contributed by atoms with van der Waals surface area (Å²) < 4.78 is 0. The Morgan fingerprint density at radius 2 is 1.89 bits per heavy atom. The maximum Gasteiger partial charge on any atom is 0.0456 e. The number of hydrogen-bond donors (Lipinski definition) is 2. The molecule has 0 saturated heterocycles. The second kappa shape index (κ2) is 9.12. The van der Waals surface area contributed by atoms with E-state index in [-0.39, 0.29) is 0 Å². The highest BCUT2D eigenvalue weighted by atomic mass is 16.3. The third-order valence-corrected chi connectivity index (χ3v) is 3.36. The highest BCUT2D eigenvalue weighted by Crippen LogP contribution is 2.18. The summed E-state index contributed by atoms with van der Waals surface area (Å²) >= 11 is 0. The molecule has 2 nitrogen and oxygen atoms in total. The van der Waals surface area contributed by atoms with Crippen LogP contribution < -0.4 is 5.32 Å². The average Bonchev–Trinajstić information content (AvgIpc) is 2.43. The fourth-order valence-corrected chi connectivity index (χ4v) is 2.18. The summed E-state index contributed by atoms with van der Waals surface area (Å²) in [5.74, 6) is 0.424. The van der Waals surface area contributed by atoms with E-state index >= 15 is 0 Å². The fourth-order valence-electron chi connectivity index (χ4n) is 2.18. The predicted octanol–water partition coefficient (Wildman–Crippen LogP) is 3.53. The van der Waals surface area contributed by atoms with Crippen LogP contribution in [0.25, 0.3) is 0 Å². The van der Waals surface area contributed by atoms with E-state index in [2.05, 4.69) is 49.5 Å². The molecule has 18 heavy (non-hydrogen) atoms. The van der Waals surface area contributed by atoms with Crippen molar-refractivity contribution in [3.8, 4) is 0 Å². The summed E-state index contributed by atoms with van der Waals surface area (Å²) in [4.78, 5) is 0. The van der Waals surface area contributed by atoms with Gasteiger partial charge in [0.2, 0.25) is 0 Å². The van der Waals surface area contributed by atoms with E-state index in [1.165, 1.54) is 18.4 Å². The normalized spacial score (nSPS) is 14.4. The molecular formula is C16H27NO. The van der Waals surface area contributed by atoms with E-state index in [0.717, 1.165) is 19.4 Å². The molecule has 0 aromatic heterocycles. The highest BCUT2D eigenvalue weighted by molar-refractivity contribution is 5.18. The van der Waals surface area contributed by atoms with Crippen molar-refractivity contribution in [3.05, 3.63) is 35.9 Å². The molecule has 2 N–H and O–H groups in total. The number of nitrogens with one attached hydrogen (secondary N) is 1. The standard InChI is InChI=1S/C16H27NO/c1-3-8-16(15-10-5-4-6-11-15)17-12-7-9-14(2)13-18/h4-6,10-11,14,16-18H,3,7-9,12-13H2,1-2H3. The molecule has 0 spiro atoms. The van der Waals surface area contributed by atoms with E-state index in [1.807, 2.05) is 0 Å². The van der Waals surface area contributed by atoms with Gasteiger partial charge in [0, 0.05) is 12.6 Å². The molecule has 0 saturated carbocycles. The fraction of sp³-hybridized carbons (Fsp3) is 0.625. The van der Waals surface area contributed by atoms with Gasteiger partial charge in [-0.15, -0.1) is 0 Å². The molecule has 0 heterocycles. The van der Waals surface area contributed by atoms with Gasteiger partial charge in [-0.3, -0.25) is 0 Å². The summed E-state index contributed by atoms with van der Waals surface area (Å²) in [6.07, 6.45) is 4.60. The summed E-state index contributed by atoms with van der Waals surface area (Å²) in [6, 6.07) is 11.1. The van der Waals surface area contributed by atoms with Crippen LogP contribution >= 0.6 is 0 Å². The number of benzene rings is 1. The van der Waals surface area contributed by atoms with Gasteiger partial charge in [-0.05, 0) is 37.3 Å². The Bertz CT molecular complexity index is 299. The van der Waals surface area contributed by atoms with Crippen molar-refractivity contribution in [1.82, 2.24) is 5.32 Å². The van der Waals surface area contributed by atoms with Crippen molar-refractivity contribution in [3.63, 3.8) is 0 Å². The Kier molecular flexibility index (Phi) is 7.70. The average molecular weight is 249 g/mol. The molecule has 102 valence electrons. The molecule has 1 aromatic carbocycles. The summed E-state index contributed by atoms with van der Waals surface area (Å²) in [6.45, 7) is 5.66. The number of hydrogen-bond acceptors (Lipinski definition) is 2. The molecule has 2 atom stereocenters. The molecule has 1 aromatic rings. The van der Waals surface area contributed by atoms with E-state index < -0.39 is 0 Å². The lowest BCUT2D eigenvalue weighted by Gasteiger charge is -2.19. The molecule has 2 heteroatoms. The minimum absolute atomic E-state index is 0.303. The summed E-state index contributed by atoms with van der Waals surface area (Å²) in [5.41, 5.74) is 1.38. The zero-order chi connectivity index (χ0) is 13.2. The minimum atomic E-state index is 0.303. The molecule has 2 unspecified atom stereocenters. The van der Waals surface area contributed by atoms with E-state index in [4.69, 9.17) is 5.11 Å². The Morgan fingerprint density at radius 1 is 1.17 bits per heavy atom. The molecule has 1 rings (SSSR count). The number of aliphatic hydroxyl groups is 1. The highest BCUT2D eigenvalue weighted by Gasteiger charge is 2.09. The Hall–Kier alpha value is -0.860. The first-order valence-corrected chi connectivity index (χ1v) is 7.17. The van der Waals surface area contributed by atoms with Crippen LogP contribution in [0.2, 0.25) is 0 Å². The van der Waals surface area contributed by atoms with Gasteiger partial charge in [0.1, 0.15) is 0 Å². The lowest BCUT2D eigenvalue weighted by atomic mass is 10.0. The first kappa shape index (κ1) is 15.2. The SMILES string of the molecule is CCCC(NCCCC(C)CO)c1ccccc1. The second-order valence-electron chi connectivity index (χ2n) is 5.14. The molecule has 0 aliphatic carbocycles. The zero-order valence-electron chi connectivity index (χ0n) is 11.7. The van der Waals surface area contributed by atoms with Gasteiger partial charge in [-0.2, -0.15) is 0 Å². The lowest BCUT2D eigenvalue weighted by molar-refractivity contribution is 0.227. The van der Waals surface area contributed by atoms with Gasteiger partial charge >= 0.3 is 0 Å². The smallest absolute Gasteiger partial charge is 0.0456 e. The van der Waals surface area contributed by atoms with Gasteiger partial charge in [-0.1, -0.05) is 50.6 Å². The van der Waals surface area contributed by atoms with Gasteiger partial charge in [0.15, 0.2) is 0 Å². The molecule has 0 aliphatic rings. The van der Waals surface area contributed by atoms with Gasteiger partial charge in [0.25, 0.3) is 0 Å². The first-order valence-electron chi connectivity index (χ1n) is 7.17. The minimum Gasteiger partial charge on any atom is -0.396 e. The Labute approximate surface area is 111 Å². The van der Waals surface area contributed by atoms with Crippen LogP contribution in [0.3, 0.4) is 0 Å². The summed E-state index contributed by atoms with van der Waals surface area (Å²) in [7, 11) is 0. The maximum atomic E-state index is 8.99. The third-order valence-electron chi connectivity index (χ3n) is 3.36. The van der Waals surface area contributed by atoms with Crippen LogP contribution in [0.5, 0.6) is 0 Å². The largest absolute Gasteiger partial charge is 0.396 e. The lowest BCUT2D eigenvalue weighted by Crippen LogP contribution is -2.23. The zero-order valence-corrected chi connectivity index (χ0v) is 11.7. The molecular weight excluding hydrogens is 222 g/mol. The quantitative estimate of drug-likeness (QED) is 0.656. The van der Waals surface area contributed by atoms with Gasteiger partial charge < -0.3 is 10.4 Å². The van der Waals surface area contributed by atoms with Crippen molar-refractivity contribution < 1.29 is 5.11 Å².